The Balaban J connectivity index is 1.46. The van der Waals surface area contributed by atoms with Crippen LogP contribution in [0, 0.1) is 0 Å². The first kappa shape index (κ1) is 17.4. The van der Waals surface area contributed by atoms with Crippen LogP contribution < -0.4 is 10.1 Å². The molecule has 0 bridgehead atoms. The Kier molecular flexibility index (Phi) is 4.93. The lowest BCUT2D eigenvalue weighted by atomic mass is 10.1. The molecule has 2 heterocycles. The molecule has 1 fully saturated rings. The highest BCUT2D eigenvalue weighted by Crippen LogP contribution is 2.24. The minimum atomic E-state index is -1.05. The van der Waals surface area contributed by atoms with Gasteiger partial charge in [-0.15, -0.1) is 0 Å². The first-order valence-corrected chi connectivity index (χ1v) is 8.98. The van der Waals surface area contributed by atoms with Gasteiger partial charge in [-0.1, -0.05) is 18.2 Å². The number of carboxylic acids is 1. The predicted molar refractivity (Wildman–Crippen MR) is 101 cm³/mol. The van der Waals surface area contributed by atoms with E-state index < -0.39 is 5.97 Å². The number of ether oxygens (including phenoxy) is 2. The minimum absolute atomic E-state index is 0.0222. The fourth-order valence-corrected chi connectivity index (χ4v) is 3.23. The number of aromatic nitrogens is 2. The van der Waals surface area contributed by atoms with Crippen LogP contribution in [0.15, 0.2) is 42.5 Å². The Morgan fingerprint density at radius 2 is 2.22 bits per heavy atom. The van der Waals surface area contributed by atoms with Crippen LogP contribution in [0.1, 0.15) is 28.9 Å². The molecule has 1 aliphatic heterocycles. The summed E-state index contributed by atoms with van der Waals surface area (Å²) in [5.41, 5.74) is 2.56. The van der Waals surface area contributed by atoms with Gasteiger partial charge in [0.15, 0.2) is 5.69 Å². The minimum Gasteiger partial charge on any atom is -0.491 e. The third-order valence-electron chi connectivity index (χ3n) is 4.67. The number of nitrogens with one attached hydrogen (secondary N) is 2. The number of aromatic carboxylic acids is 1. The van der Waals surface area contributed by atoms with Gasteiger partial charge in [0.05, 0.1) is 11.6 Å². The number of hydrogen-bond donors (Lipinski definition) is 3. The smallest absolute Gasteiger partial charge is 0.357 e. The highest BCUT2D eigenvalue weighted by Gasteiger charge is 2.17. The number of rotatable bonds is 7. The summed E-state index contributed by atoms with van der Waals surface area (Å²) in [5, 5.41) is 19.7. The molecule has 1 unspecified atom stereocenters. The summed E-state index contributed by atoms with van der Waals surface area (Å²) in [7, 11) is 0. The molecule has 1 saturated heterocycles. The van der Waals surface area contributed by atoms with Gasteiger partial charge in [-0.3, -0.25) is 5.10 Å². The van der Waals surface area contributed by atoms with Gasteiger partial charge in [-0.2, -0.15) is 5.10 Å². The van der Waals surface area contributed by atoms with E-state index in [1.54, 1.807) is 6.07 Å². The second kappa shape index (κ2) is 7.67. The van der Waals surface area contributed by atoms with Crippen LogP contribution in [0.5, 0.6) is 5.75 Å². The van der Waals surface area contributed by atoms with E-state index in [0.29, 0.717) is 24.1 Å². The molecular formula is C20H21N3O4. The lowest BCUT2D eigenvalue weighted by molar-refractivity contribution is 0.0676. The topological polar surface area (TPSA) is 96.5 Å². The summed E-state index contributed by atoms with van der Waals surface area (Å²) in [5.74, 6) is -0.220. The number of anilines is 1. The van der Waals surface area contributed by atoms with Crippen molar-refractivity contribution in [2.75, 3.05) is 18.5 Å². The molecular weight excluding hydrogens is 346 g/mol. The molecule has 4 rings (SSSR count). The van der Waals surface area contributed by atoms with Crippen molar-refractivity contribution < 1.29 is 19.4 Å². The monoisotopic (exact) mass is 367 g/mol. The van der Waals surface area contributed by atoms with E-state index in [1.807, 2.05) is 36.4 Å². The van der Waals surface area contributed by atoms with Crippen molar-refractivity contribution >= 4 is 22.6 Å². The molecule has 140 valence electrons. The van der Waals surface area contributed by atoms with Crippen LogP contribution in [0.25, 0.3) is 10.9 Å². The van der Waals surface area contributed by atoms with E-state index in [4.69, 9.17) is 9.47 Å². The Labute approximate surface area is 156 Å². The third kappa shape index (κ3) is 3.88. The average molecular weight is 367 g/mol. The quantitative estimate of drug-likeness (QED) is 0.592. The molecule has 1 atom stereocenters. The molecule has 2 aromatic carbocycles. The van der Waals surface area contributed by atoms with Gasteiger partial charge in [0.2, 0.25) is 0 Å². The van der Waals surface area contributed by atoms with Crippen LogP contribution in [0.4, 0.5) is 5.69 Å². The molecule has 0 spiro atoms. The van der Waals surface area contributed by atoms with Gasteiger partial charge in [0.25, 0.3) is 0 Å². The summed E-state index contributed by atoms with van der Waals surface area (Å²) >= 11 is 0. The number of para-hydroxylation sites is 1. The SMILES string of the molecule is O=C(O)c1n[nH]c2ccc(NCc3ccccc3OCC3CCCO3)cc12. The number of benzene rings is 2. The molecule has 1 aromatic heterocycles. The Bertz CT molecular complexity index is 947. The summed E-state index contributed by atoms with van der Waals surface area (Å²) in [4.78, 5) is 11.3. The average Bonchev–Trinajstić information content (AvgIpc) is 3.34. The normalized spacial score (nSPS) is 16.5. The lowest BCUT2D eigenvalue weighted by Crippen LogP contribution is -2.17. The maximum Gasteiger partial charge on any atom is 0.357 e. The molecule has 1 aliphatic rings. The molecule has 7 nitrogen and oxygen atoms in total. The number of aromatic amines is 1. The number of H-pyrrole nitrogens is 1. The lowest BCUT2D eigenvalue weighted by Gasteiger charge is -2.15. The fraction of sp³-hybridized carbons (Fsp3) is 0.300. The molecule has 3 N–H and O–H groups in total. The first-order chi connectivity index (χ1) is 13.2. The molecule has 27 heavy (non-hydrogen) atoms. The first-order valence-electron chi connectivity index (χ1n) is 8.98. The highest BCUT2D eigenvalue weighted by molar-refractivity contribution is 6.01. The zero-order valence-corrected chi connectivity index (χ0v) is 14.8. The second-order valence-corrected chi connectivity index (χ2v) is 6.55. The summed E-state index contributed by atoms with van der Waals surface area (Å²) in [6.07, 6.45) is 2.30. The van der Waals surface area contributed by atoms with Gasteiger partial charge in [0, 0.05) is 29.8 Å². The van der Waals surface area contributed by atoms with E-state index in [1.165, 1.54) is 0 Å². The van der Waals surface area contributed by atoms with E-state index in [0.717, 1.165) is 36.4 Å². The van der Waals surface area contributed by atoms with Crippen molar-refractivity contribution in [1.82, 2.24) is 10.2 Å². The second-order valence-electron chi connectivity index (χ2n) is 6.55. The zero-order chi connectivity index (χ0) is 18.6. The predicted octanol–water partition coefficient (Wildman–Crippen LogP) is 3.43. The van der Waals surface area contributed by atoms with Crippen LogP contribution in [-0.2, 0) is 11.3 Å². The van der Waals surface area contributed by atoms with E-state index in [9.17, 15) is 9.90 Å². The van der Waals surface area contributed by atoms with Gasteiger partial charge in [-0.05, 0) is 37.1 Å². The fourth-order valence-electron chi connectivity index (χ4n) is 3.23. The Morgan fingerprint density at radius 1 is 1.33 bits per heavy atom. The largest absolute Gasteiger partial charge is 0.491 e. The highest BCUT2D eigenvalue weighted by atomic mass is 16.5. The number of nitrogens with zero attached hydrogens (tertiary/aromatic N) is 1. The van der Waals surface area contributed by atoms with Crippen molar-refractivity contribution in [3.8, 4) is 5.75 Å². The zero-order valence-electron chi connectivity index (χ0n) is 14.8. The molecule has 3 aromatic rings. The van der Waals surface area contributed by atoms with Crippen LogP contribution in [0.2, 0.25) is 0 Å². The van der Waals surface area contributed by atoms with Crippen molar-refractivity contribution in [2.45, 2.75) is 25.5 Å². The summed E-state index contributed by atoms with van der Waals surface area (Å²) in [6.45, 7) is 1.93. The summed E-state index contributed by atoms with van der Waals surface area (Å²) in [6, 6.07) is 13.4. The van der Waals surface area contributed by atoms with Crippen molar-refractivity contribution in [2.24, 2.45) is 0 Å². The molecule has 0 radical (unpaired) electrons. The Morgan fingerprint density at radius 3 is 3.04 bits per heavy atom. The molecule has 0 amide bonds. The van der Waals surface area contributed by atoms with E-state index >= 15 is 0 Å². The maximum atomic E-state index is 11.3. The van der Waals surface area contributed by atoms with Crippen LogP contribution in [0.3, 0.4) is 0 Å². The van der Waals surface area contributed by atoms with E-state index in [2.05, 4.69) is 15.5 Å². The van der Waals surface area contributed by atoms with Crippen molar-refractivity contribution in [3.63, 3.8) is 0 Å². The molecule has 7 heteroatoms. The van der Waals surface area contributed by atoms with Crippen molar-refractivity contribution in [3.05, 3.63) is 53.7 Å². The standard InChI is InChI=1S/C20H21N3O4/c24-20(25)19-16-10-14(7-8-17(16)22-23-19)21-11-13-4-1-2-6-18(13)27-12-15-5-3-9-26-15/h1-2,4,6-8,10,15,21H,3,5,9,11-12H2,(H,22,23)(H,24,25). The van der Waals surface area contributed by atoms with Crippen molar-refractivity contribution in [1.29, 1.82) is 0 Å². The number of carboxylic acid groups (broad SMARTS) is 1. The van der Waals surface area contributed by atoms with Gasteiger partial charge < -0.3 is 19.9 Å². The third-order valence-corrected chi connectivity index (χ3v) is 4.67. The van der Waals surface area contributed by atoms with Gasteiger partial charge in [0.1, 0.15) is 12.4 Å². The van der Waals surface area contributed by atoms with Crippen LogP contribution in [-0.4, -0.2) is 40.6 Å². The van der Waals surface area contributed by atoms with Gasteiger partial charge in [-0.25, -0.2) is 4.79 Å². The summed E-state index contributed by atoms with van der Waals surface area (Å²) < 4.78 is 11.6. The van der Waals surface area contributed by atoms with Gasteiger partial charge >= 0.3 is 5.97 Å². The Hall–Kier alpha value is -3.06. The number of carbonyl (C=O) groups is 1. The number of hydrogen-bond acceptors (Lipinski definition) is 5. The van der Waals surface area contributed by atoms with E-state index in [-0.39, 0.29) is 11.8 Å². The maximum absolute atomic E-state index is 11.3. The number of fused-ring (bicyclic) bond motifs is 1. The molecule has 0 aliphatic carbocycles. The molecule has 0 saturated carbocycles. The van der Waals surface area contributed by atoms with Crippen LogP contribution >= 0.6 is 0 Å².